The fourth-order valence-electron chi connectivity index (χ4n) is 2.97. The van der Waals surface area contributed by atoms with Crippen molar-refractivity contribution in [2.75, 3.05) is 12.3 Å². The average Bonchev–Trinajstić information content (AvgIpc) is 2.71. The summed E-state index contributed by atoms with van der Waals surface area (Å²) in [7, 11) is 0. The van der Waals surface area contributed by atoms with Gasteiger partial charge < -0.3 is 10.2 Å². The molecular formula is C22H25Cl3N2O2S. The molecule has 8 heteroatoms. The Morgan fingerprint density at radius 2 is 1.70 bits per heavy atom. The van der Waals surface area contributed by atoms with Gasteiger partial charge in [-0.2, -0.15) is 0 Å². The third-order valence-corrected chi connectivity index (χ3v) is 6.31. The largest absolute Gasteiger partial charge is 0.355 e. The zero-order valence-corrected chi connectivity index (χ0v) is 20.0. The van der Waals surface area contributed by atoms with E-state index in [1.165, 1.54) is 11.8 Å². The van der Waals surface area contributed by atoms with Crippen molar-refractivity contribution < 1.29 is 9.59 Å². The number of nitrogens with one attached hydrogen (secondary N) is 1. The van der Waals surface area contributed by atoms with Crippen LogP contribution in [0.15, 0.2) is 42.5 Å². The van der Waals surface area contributed by atoms with Crippen LogP contribution in [0.2, 0.25) is 15.1 Å². The number of carbonyl (C=O) groups is 2. The van der Waals surface area contributed by atoms with E-state index < -0.39 is 6.04 Å². The highest BCUT2D eigenvalue weighted by molar-refractivity contribution is 7.99. The van der Waals surface area contributed by atoms with Gasteiger partial charge in [-0.25, -0.2) is 0 Å². The minimum Gasteiger partial charge on any atom is -0.355 e. The van der Waals surface area contributed by atoms with Crippen molar-refractivity contribution in [3.8, 4) is 0 Å². The van der Waals surface area contributed by atoms with E-state index in [4.69, 9.17) is 34.8 Å². The highest BCUT2D eigenvalue weighted by Gasteiger charge is 2.28. The molecule has 0 aliphatic heterocycles. The van der Waals surface area contributed by atoms with Crippen LogP contribution in [0.4, 0.5) is 0 Å². The van der Waals surface area contributed by atoms with Crippen LogP contribution in [0.25, 0.3) is 0 Å². The lowest BCUT2D eigenvalue weighted by atomic mass is 10.1. The summed E-state index contributed by atoms with van der Waals surface area (Å²) in [5.74, 6) is 0.572. The van der Waals surface area contributed by atoms with Gasteiger partial charge in [0.2, 0.25) is 11.8 Å². The molecule has 2 rings (SSSR count). The van der Waals surface area contributed by atoms with Gasteiger partial charge >= 0.3 is 0 Å². The van der Waals surface area contributed by atoms with Crippen molar-refractivity contribution in [3.05, 3.63) is 68.7 Å². The zero-order valence-electron chi connectivity index (χ0n) is 17.0. The number of nitrogens with zero attached hydrogens (tertiary/aromatic N) is 1. The predicted molar refractivity (Wildman–Crippen MR) is 127 cm³/mol. The quantitative estimate of drug-likeness (QED) is 0.459. The molecule has 0 saturated carbocycles. The first-order chi connectivity index (χ1) is 14.3. The summed E-state index contributed by atoms with van der Waals surface area (Å²) >= 11 is 19.6. The minimum absolute atomic E-state index is 0.0989. The summed E-state index contributed by atoms with van der Waals surface area (Å²) in [6.07, 6.45) is 0.527. The maximum atomic E-state index is 13.1. The van der Waals surface area contributed by atoms with E-state index in [1.54, 1.807) is 29.2 Å². The Labute approximate surface area is 197 Å². The summed E-state index contributed by atoms with van der Waals surface area (Å²) in [4.78, 5) is 27.3. The molecule has 0 aromatic heterocycles. The number of halogens is 3. The van der Waals surface area contributed by atoms with Crippen molar-refractivity contribution in [2.45, 2.75) is 38.6 Å². The first-order valence-corrected chi connectivity index (χ1v) is 12.0. The number of hydrogen-bond donors (Lipinski definition) is 1. The molecule has 1 atom stereocenters. The molecule has 0 saturated heterocycles. The van der Waals surface area contributed by atoms with Crippen LogP contribution in [-0.4, -0.2) is 35.1 Å². The van der Waals surface area contributed by atoms with Gasteiger partial charge in [0.15, 0.2) is 0 Å². The van der Waals surface area contributed by atoms with Gasteiger partial charge in [-0.05, 0) is 48.7 Å². The Hall–Kier alpha value is -1.40. The normalized spacial score (nSPS) is 11.8. The highest BCUT2D eigenvalue weighted by atomic mass is 35.5. The molecule has 0 bridgehead atoms. The summed E-state index contributed by atoms with van der Waals surface area (Å²) in [5.41, 5.74) is 1.83. The molecule has 30 heavy (non-hydrogen) atoms. The molecule has 0 radical (unpaired) electrons. The lowest BCUT2D eigenvalue weighted by molar-refractivity contribution is -0.139. The lowest BCUT2D eigenvalue weighted by Crippen LogP contribution is -2.49. The van der Waals surface area contributed by atoms with E-state index in [0.717, 1.165) is 11.1 Å². The Morgan fingerprint density at radius 3 is 2.30 bits per heavy atom. The fraction of sp³-hybridized carbons (Fsp3) is 0.364. The van der Waals surface area contributed by atoms with Crippen molar-refractivity contribution in [1.29, 1.82) is 0 Å². The van der Waals surface area contributed by atoms with E-state index in [1.807, 2.05) is 32.0 Å². The number of benzene rings is 2. The van der Waals surface area contributed by atoms with Crippen molar-refractivity contribution in [2.24, 2.45) is 0 Å². The SMILES string of the molecule is CCNC(=O)[C@H](CC)N(Cc1ccc(Cl)cc1)C(=O)CSCc1ccc(Cl)cc1Cl. The van der Waals surface area contributed by atoms with Crippen molar-refractivity contribution >= 4 is 58.4 Å². The summed E-state index contributed by atoms with van der Waals surface area (Å²) < 4.78 is 0. The van der Waals surface area contributed by atoms with Crippen LogP contribution in [0.3, 0.4) is 0 Å². The number of rotatable bonds is 10. The molecule has 4 nitrogen and oxygen atoms in total. The predicted octanol–water partition coefficient (Wildman–Crippen LogP) is 5.82. The lowest BCUT2D eigenvalue weighted by Gasteiger charge is -2.30. The summed E-state index contributed by atoms with van der Waals surface area (Å²) in [6, 6.07) is 12.1. The molecule has 2 aromatic rings. The molecule has 0 unspecified atom stereocenters. The monoisotopic (exact) mass is 486 g/mol. The van der Waals surface area contributed by atoms with Crippen LogP contribution in [0.5, 0.6) is 0 Å². The Bertz CT molecular complexity index is 862. The second kappa shape index (κ2) is 12.5. The molecule has 0 heterocycles. The Balaban J connectivity index is 2.11. The number of thioether (sulfide) groups is 1. The standard InChI is InChI=1S/C22H25Cl3N2O2S/c1-3-20(22(29)26-4-2)27(12-15-5-8-17(23)9-6-15)21(28)14-30-13-16-7-10-18(24)11-19(16)25/h5-11,20H,3-4,12-14H2,1-2H3,(H,26,29)/t20-/m0/s1. The molecule has 0 aliphatic rings. The molecule has 162 valence electrons. The molecular weight excluding hydrogens is 463 g/mol. The van der Waals surface area contributed by atoms with Gasteiger partial charge in [0.05, 0.1) is 5.75 Å². The maximum absolute atomic E-state index is 13.1. The van der Waals surface area contributed by atoms with Gasteiger partial charge in [-0.15, -0.1) is 11.8 Å². The average molecular weight is 488 g/mol. The molecule has 2 aromatic carbocycles. The third-order valence-electron chi connectivity index (χ3n) is 4.50. The molecule has 0 fully saturated rings. The zero-order chi connectivity index (χ0) is 22.1. The molecule has 0 spiro atoms. The maximum Gasteiger partial charge on any atom is 0.242 e. The van der Waals surface area contributed by atoms with Gasteiger partial charge in [-0.1, -0.05) is 59.9 Å². The van der Waals surface area contributed by atoms with E-state index >= 15 is 0 Å². The van der Waals surface area contributed by atoms with Crippen LogP contribution in [-0.2, 0) is 21.9 Å². The van der Waals surface area contributed by atoms with E-state index in [-0.39, 0.29) is 17.6 Å². The molecule has 0 aliphatic carbocycles. The number of hydrogen-bond acceptors (Lipinski definition) is 3. The Morgan fingerprint density at radius 1 is 1.03 bits per heavy atom. The summed E-state index contributed by atoms with van der Waals surface area (Å²) in [5, 5.41) is 4.61. The first kappa shape index (κ1) is 24.9. The second-order valence-corrected chi connectivity index (χ2v) is 8.96. The van der Waals surface area contributed by atoms with E-state index in [2.05, 4.69) is 5.32 Å². The molecule has 2 amide bonds. The highest BCUT2D eigenvalue weighted by Crippen LogP contribution is 2.25. The fourth-order valence-corrected chi connectivity index (χ4v) is 4.56. The van der Waals surface area contributed by atoms with E-state index in [9.17, 15) is 9.59 Å². The Kier molecular flexibility index (Phi) is 10.3. The number of amides is 2. The van der Waals surface area contributed by atoms with Gasteiger partial charge in [0.1, 0.15) is 6.04 Å². The third kappa shape index (κ3) is 7.38. The smallest absolute Gasteiger partial charge is 0.242 e. The van der Waals surface area contributed by atoms with Crippen LogP contribution in [0, 0.1) is 0 Å². The van der Waals surface area contributed by atoms with Crippen LogP contribution in [0.1, 0.15) is 31.4 Å². The first-order valence-electron chi connectivity index (χ1n) is 9.69. The topological polar surface area (TPSA) is 49.4 Å². The van der Waals surface area contributed by atoms with Crippen LogP contribution >= 0.6 is 46.6 Å². The van der Waals surface area contributed by atoms with Gasteiger partial charge in [0.25, 0.3) is 0 Å². The number of likely N-dealkylation sites (N-methyl/N-ethyl adjacent to an activating group) is 1. The van der Waals surface area contributed by atoms with Crippen LogP contribution < -0.4 is 5.32 Å². The minimum atomic E-state index is -0.534. The van der Waals surface area contributed by atoms with Gasteiger partial charge in [-0.3, -0.25) is 9.59 Å². The second-order valence-electron chi connectivity index (χ2n) is 6.70. The van der Waals surface area contributed by atoms with Gasteiger partial charge in [0, 0.05) is 33.9 Å². The summed E-state index contributed by atoms with van der Waals surface area (Å²) in [6.45, 7) is 4.63. The van der Waals surface area contributed by atoms with Crippen molar-refractivity contribution in [1.82, 2.24) is 10.2 Å². The molecule has 1 N–H and O–H groups in total. The number of carbonyl (C=O) groups excluding carboxylic acids is 2. The van der Waals surface area contributed by atoms with E-state index in [0.29, 0.717) is 40.3 Å². The van der Waals surface area contributed by atoms with Crippen molar-refractivity contribution in [3.63, 3.8) is 0 Å².